The van der Waals surface area contributed by atoms with Crippen molar-refractivity contribution in [1.29, 1.82) is 0 Å². The molecule has 106 valence electrons. The number of nitrogens with zero attached hydrogens (tertiary/aromatic N) is 2. The Bertz CT molecular complexity index is 373. The van der Waals surface area contributed by atoms with Crippen molar-refractivity contribution in [3.05, 3.63) is 30.1 Å². The summed E-state index contributed by atoms with van der Waals surface area (Å²) in [6, 6.07) is 6.80. The monoisotopic (exact) mass is 267 g/mol. The van der Waals surface area contributed by atoms with Gasteiger partial charge in [-0.25, -0.2) is 4.39 Å². The van der Waals surface area contributed by atoms with Crippen LogP contribution in [0.3, 0.4) is 0 Å². The average Bonchev–Trinajstić information content (AvgIpc) is 2.46. The maximum absolute atomic E-state index is 12.9. The van der Waals surface area contributed by atoms with Crippen LogP contribution in [0.2, 0.25) is 0 Å². The van der Waals surface area contributed by atoms with Crippen LogP contribution in [-0.2, 0) is 0 Å². The molecule has 1 aliphatic rings. The van der Waals surface area contributed by atoms with E-state index in [0.29, 0.717) is 0 Å². The molecule has 1 aliphatic heterocycles. The highest BCUT2D eigenvalue weighted by Gasteiger charge is 2.19. The van der Waals surface area contributed by atoms with Crippen molar-refractivity contribution in [3.63, 3.8) is 0 Å². The summed E-state index contributed by atoms with van der Waals surface area (Å²) in [5.41, 5.74) is 1.08. The fraction of sp³-hybridized carbons (Fsp3) is 0.571. The van der Waals surface area contributed by atoms with E-state index < -0.39 is 0 Å². The zero-order valence-electron chi connectivity index (χ0n) is 11.3. The Morgan fingerprint density at radius 2 is 1.84 bits per heavy atom. The predicted octanol–water partition coefficient (Wildman–Crippen LogP) is 0.528. The van der Waals surface area contributed by atoms with Crippen LogP contribution < -0.4 is 10.2 Å². The lowest BCUT2D eigenvalue weighted by Gasteiger charge is -2.37. The van der Waals surface area contributed by atoms with Gasteiger partial charge in [0, 0.05) is 44.5 Å². The number of piperazine rings is 1. The van der Waals surface area contributed by atoms with E-state index in [-0.39, 0.29) is 18.5 Å². The normalized spacial score (nSPS) is 18.6. The number of aliphatic hydroxyl groups excluding tert-OH is 1. The first-order valence-corrected chi connectivity index (χ1v) is 6.74. The zero-order valence-corrected chi connectivity index (χ0v) is 11.3. The van der Waals surface area contributed by atoms with E-state index in [9.17, 15) is 9.50 Å². The Morgan fingerprint density at radius 3 is 2.37 bits per heavy atom. The third-order valence-electron chi connectivity index (χ3n) is 3.67. The van der Waals surface area contributed by atoms with Crippen molar-refractivity contribution in [2.24, 2.45) is 0 Å². The summed E-state index contributed by atoms with van der Waals surface area (Å²) < 4.78 is 12.9. The van der Waals surface area contributed by atoms with E-state index in [0.717, 1.165) is 38.4 Å². The van der Waals surface area contributed by atoms with Crippen LogP contribution >= 0.6 is 0 Å². The van der Waals surface area contributed by atoms with Gasteiger partial charge in [0.05, 0.1) is 6.61 Å². The van der Waals surface area contributed by atoms with E-state index in [4.69, 9.17) is 0 Å². The molecule has 0 aliphatic carbocycles. The van der Waals surface area contributed by atoms with Crippen molar-refractivity contribution >= 4 is 5.69 Å². The summed E-state index contributed by atoms with van der Waals surface area (Å²) in [5, 5.41) is 12.3. The molecule has 0 bridgehead atoms. The molecule has 1 unspecified atom stereocenters. The third-order valence-corrected chi connectivity index (χ3v) is 3.67. The van der Waals surface area contributed by atoms with Gasteiger partial charge in [-0.05, 0) is 31.3 Å². The van der Waals surface area contributed by atoms with Gasteiger partial charge in [-0.15, -0.1) is 0 Å². The third kappa shape index (κ3) is 3.89. The molecule has 19 heavy (non-hydrogen) atoms. The summed E-state index contributed by atoms with van der Waals surface area (Å²) in [4.78, 5) is 4.61. The van der Waals surface area contributed by atoms with Gasteiger partial charge in [-0.1, -0.05) is 0 Å². The SMILES string of the molecule is CNC(CO)CN1CCN(c2ccc(F)cc2)CC1. The van der Waals surface area contributed by atoms with Gasteiger partial charge in [-0.2, -0.15) is 0 Å². The molecule has 2 rings (SSSR count). The molecular weight excluding hydrogens is 245 g/mol. The first-order chi connectivity index (χ1) is 9.22. The van der Waals surface area contributed by atoms with Gasteiger partial charge in [-0.3, -0.25) is 4.90 Å². The van der Waals surface area contributed by atoms with Gasteiger partial charge < -0.3 is 15.3 Å². The van der Waals surface area contributed by atoms with E-state index in [1.165, 1.54) is 12.1 Å². The van der Waals surface area contributed by atoms with Crippen LogP contribution in [0.25, 0.3) is 0 Å². The highest BCUT2D eigenvalue weighted by molar-refractivity contribution is 5.46. The van der Waals surface area contributed by atoms with Gasteiger partial charge in [0.1, 0.15) is 5.82 Å². The average molecular weight is 267 g/mol. The van der Waals surface area contributed by atoms with E-state index in [1.807, 2.05) is 19.2 Å². The van der Waals surface area contributed by atoms with Crippen molar-refractivity contribution < 1.29 is 9.50 Å². The van der Waals surface area contributed by atoms with Crippen LogP contribution in [-0.4, -0.2) is 62.4 Å². The van der Waals surface area contributed by atoms with Gasteiger partial charge in [0.15, 0.2) is 0 Å². The van der Waals surface area contributed by atoms with E-state index in [2.05, 4.69) is 15.1 Å². The molecule has 0 aromatic heterocycles. The molecule has 1 aromatic carbocycles. The smallest absolute Gasteiger partial charge is 0.123 e. The van der Waals surface area contributed by atoms with Crippen LogP contribution in [0, 0.1) is 5.82 Å². The topological polar surface area (TPSA) is 38.7 Å². The molecular formula is C14H22FN3O. The Kier molecular flexibility index (Phi) is 5.13. The largest absolute Gasteiger partial charge is 0.395 e. The second-order valence-electron chi connectivity index (χ2n) is 4.93. The number of halogens is 1. The molecule has 4 nitrogen and oxygen atoms in total. The van der Waals surface area contributed by atoms with Gasteiger partial charge >= 0.3 is 0 Å². The number of hydrogen-bond donors (Lipinski definition) is 2. The van der Waals surface area contributed by atoms with Crippen LogP contribution in [0.4, 0.5) is 10.1 Å². The Hall–Kier alpha value is -1.17. The highest BCUT2D eigenvalue weighted by Crippen LogP contribution is 2.16. The second kappa shape index (κ2) is 6.84. The molecule has 1 saturated heterocycles. The number of likely N-dealkylation sites (N-methyl/N-ethyl adjacent to an activating group) is 1. The lowest BCUT2D eigenvalue weighted by atomic mass is 10.2. The number of nitrogens with one attached hydrogen (secondary N) is 1. The van der Waals surface area contributed by atoms with Crippen molar-refractivity contribution in [2.45, 2.75) is 6.04 Å². The fourth-order valence-electron chi connectivity index (χ4n) is 2.39. The number of hydrogen-bond acceptors (Lipinski definition) is 4. The Morgan fingerprint density at radius 1 is 1.21 bits per heavy atom. The first kappa shape index (κ1) is 14.2. The first-order valence-electron chi connectivity index (χ1n) is 6.74. The number of aliphatic hydroxyl groups is 1. The summed E-state index contributed by atoms with van der Waals surface area (Å²) >= 11 is 0. The molecule has 0 spiro atoms. The molecule has 0 radical (unpaired) electrons. The fourth-order valence-corrected chi connectivity index (χ4v) is 2.39. The quantitative estimate of drug-likeness (QED) is 0.816. The molecule has 2 N–H and O–H groups in total. The lowest BCUT2D eigenvalue weighted by Crippen LogP contribution is -2.51. The summed E-state index contributed by atoms with van der Waals surface area (Å²) in [6.07, 6.45) is 0. The summed E-state index contributed by atoms with van der Waals surface area (Å²) in [7, 11) is 1.87. The zero-order chi connectivity index (χ0) is 13.7. The minimum atomic E-state index is -0.192. The summed E-state index contributed by atoms with van der Waals surface area (Å²) in [6.45, 7) is 4.84. The standard InChI is InChI=1S/C14H22FN3O/c1-16-13(11-19)10-17-6-8-18(9-7-17)14-4-2-12(15)3-5-14/h2-5,13,16,19H,6-11H2,1H3. The molecule has 1 atom stereocenters. The molecule has 1 fully saturated rings. The van der Waals surface area contributed by atoms with E-state index in [1.54, 1.807) is 0 Å². The van der Waals surface area contributed by atoms with Gasteiger partial charge in [0.2, 0.25) is 0 Å². The minimum absolute atomic E-state index is 0.136. The van der Waals surface area contributed by atoms with Crippen molar-refractivity contribution in [2.75, 3.05) is 51.3 Å². The molecule has 1 heterocycles. The molecule has 0 amide bonds. The number of benzene rings is 1. The van der Waals surface area contributed by atoms with E-state index >= 15 is 0 Å². The van der Waals surface area contributed by atoms with Crippen LogP contribution in [0.5, 0.6) is 0 Å². The van der Waals surface area contributed by atoms with Crippen LogP contribution in [0.1, 0.15) is 0 Å². The minimum Gasteiger partial charge on any atom is -0.395 e. The maximum atomic E-state index is 12.9. The molecule has 5 heteroatoms. The van der Waals surface area contributed by atoms with Crippen molar-refractivity contribution in [1.82, 2.24) is 10.2 Å². The highest BCUT2D eigenvalue weighted by atomic mass is 19.1. The van der Waals surface area contributed by atoms with Crippen molar-refractivity contribution in [3.8, 4) is 0 Å². The lowest BCUT2D eigenvalue weighted by molar-refractivity contribution is 0.180. The predicted molar refractivity (Wildman–Crippen MR) is 75.0 cm³/mol. The number of anilines is 1. The number of rotatable bonds is 5. The second-order valence-corrected chi connectivity index (χ2v) is 4.93. The van der Waals surface area contributed by atoms with Gasteiger partial charge in [0.25, 0.3) is 0 Å². The molecule has 1 aromatic rings. The Labute approximate surface area is 113 Å². The summed E-state index contributed by atoms with van der Waals surface area (Å²) in [5.74, 6) is -0.192. The Balaban J connectivity index is 1.83. The maximum Gasteiger partial charge on any atom is 0.123 e. The van der Waals surface area contributed by atoms with Crippen LogP contribution in [0.15, 0.2) is 24.3 Å². The molecule has 0 saturated carbocycles.